The third kappa shape index (κ3) is 2.34. The Labute approximate surface area is 67.1 Å². The number of hydrogen-bond donors (Lipinski definition) is 1. The Morgan fingerprint density at radius 2 is 2.45 bits per heavy atom. The standard InChI is InChI=1S/C5H6ClF2N3/c6-10-4-1-9-11(2-4)3-5(7)8/h1-2,5,10H,3H2. The zero-order valence-corrected chi connectivity index (χ0v) is 6.22. The van der Waals surface area contributed by atoms with Gasteiger partial charge in [-0.2, -0.15) is 5.10 Å². The number of rotatable bonds is 3. The molecule has 0 saturated heterocycles. The lowest BCUT2D eigenvalue weighted by Crippen LogP contribution is -2.06. The van der Waals surface area contributed by atoms with E-state index in [1.165, 1.54) is 12.4 Å². The van der Waals surface area contributed by atoms with Gasteiger partial charge in [-0.1, -0.05) is 0 Å². The van der Waals surface area contributed by atoms with Crippen LogP contribution in [0.15, 0.2) is 12.4 Å². The highest BCUT2D eigenvalue weighted by atomic mass is 35.5. The molecule has 0 amide bonds. The van der Waals surface area contributed by atoms with Gasteiger partial charge < -0.3 is 0 Å². The number of alkyl halides is 2. The summed E-state index contributed by atoms with van der Waals surface area (Å²) in [5, 5.41) is 3.62. The number of anilines is 1. The topological polar surface area (TPSA) is 29.9 Å². The highest BCUT2D eigenvalue weighted by Crippen LogP contribution is 2.06. The van der Waals surface area contributed by atoms with Crippen LogP contribution in [0.5, 0.6) is 0 Å². The first-order chi connectivity index (χ1) is 5.22. The first-order valence-corrected chi connectivity index (χ1v) is 3.27. The van der Waals surface area contributed by atoms with Crippen LogP contribution in [0.4, 0.5) is 14.5 Å². The molecule has 6 heteroatoms. The molecule has 1 aromatic heterocycles. The average Bonchev–Trinajstić information content (AvgIpc) is 2.34. The number of halogens is 3. The molecule has 1 heterocycles. The van der Waals surface area contributed by atoms with E-state index in [2.05, 4.69) is 9.93 Å². The predicted octanol–water partition coefficient (Wildman–Crippen LogP) is 1.71. The summed E-state index contributed by atoms with van der Waals surface area (Å²) in [6.45, 7) is -0.404. The summed E-state index contributed by atoms with van der Waals surface area (Å²) in [5.74, 6) is 0. The van der Waals surface area contributed by atoms with Gasteiger partial charge in [0.1, 0.15) is 6.54 Å². The van der Waals surface area contributed by atoms with Crippen LogP contribution in [0.2, 0.25) is 0 Å². The van der Waals surface area contributed by atoms with Gasteiger partial charge in [-0.25, -0.2) is 8.78 Å². The van der Waals surface area contributed by atoms with Crippen molar-refractivity contribution in [3.05, 3.63) is 12.4 Å². The molecule has 0 spiro atoms. The minimum absolute atomic E-state index is 0.404. The molecule has 0 bridgehead atoms. The summed E-state index contributed by atoms with van der Waals surface area (Å²) in [7, 11) is 0. The quantitative estimate of drug-likeness (QED) is 0.720. The Hall–Kier alpha value is -0.840. The van der Waals surface area contributed by atoms with Gasteiger partial charge in [0.2, 0.25) is 0 Å². The minimum atomic E-state index is -2.39. The molecular formula is C5H6ClF2N3. The van der Waals surface area contributed by atoms with Crippen molar-refractivity contribution < 1.29 is 8.78 Å². The van der Waals surface area contributed by atoms with E-state index in [1.807, 2.05) is 0 Å². The predicted molar refractivity (Wildman–Crippen MR) is 37.7 cm³/mol. The van der Waals surface area contributed by atoms with E-state index in [1.54, 1.807) is 0 Å². The average molecular weight is 182 g/mol. The molecule has 1 aromatic rings. The van der Waals surface area contributed by atoms with Crippen LogP contribution >= 0.6 is 11.8 Å². The Balaban J connectivity index is 2.58. The van der Waals surface area contributed by atoms with E-state index in [-0.39, 0.29) is 0 Å². The fraction of sp³-hybridized carbons (Fsp3) is 0.400. The van der Waals surface area contributed by atoms with E-state index in [4.69, 9.17) is 11.8 Å². The van der Waals surface area contributed by atoms with Gasteiger partial charge in [-0.15, -0.1) is 0 Å². The maximum atomic E-state index is 11.7. The van der Waals surface area contributed by atoms with Crippen LogP contribution in [0, 0.1) is 0 Å². The molecule has 1 N–H and O–H groups in total. The summed E-state index contributed by atoms with van der Waals surface area (Å²) in [6, 6.07) is 0. The first kappa shape index (κ1) is 8.26. The van der Waals surface area contributed by atoms with Gasteiger partial charge in [0.05, 0.1) is 11.9 Å². The van der Waals surface area contributed by atoms with Gasteiger partial charge >= 0.3 is 0 Å². The van der Waals surface area contributed by atoms with Crippen molar-refractivity contribution in [1.82, 2.24) is 9.78 Å². The molecule has 0 aliphatic heterocycles. The van der Waals surface area contributed by atoms with E-state index in [0.717, 1.165) is 4.68 Å². The SMILES string of the molecule is FC(F)Cn1cc(NCl)cn1. The van der Waals surface area contributed by atoms with Crippen LogP contribution in [-0.2, 0) is 6.54 Å². The smallest absolute Gasteiger partial charge is 0.257 e. The minimum Gasteiger partial charge on any atom is -0.295 e. The van der Waals surface area contributed by atoms with Gasteiger partial charge in [-0.05, 0) is 0 Å². The summed E-state index contributed by atoms with van der Waals surface area (Å²) in [4.78, 5) is 2.26. The molecule has 0 saturated carbocycles. The van der Waals surface area contributed by atoms with Crippen LogP contribution in [0.3, 0.4) is 0 Å². The van der Waals surface area contributed by atoms with E-state index in [0.29, 0.717) is 5.69 Å². The molecule has 0 aliphatic rings. The molecule has 0 unspecified atom stereocenters. The zero-order chi connectivity index (χ0) is 8.27. The Kier molecular flexibility index (Phi) is 2.64. The number of aromatic nitrogens is 2. The van der Waals surface area contributed by atoms with Crippen LogP contribution in [0.1, 0.15) is 0 Å². The third-order valence-corrected chi connectivity index (χ3v) is 1.29. The number of hydrogen-bond acceptors (Lipinski definition) is 2. The molecule has 0 fully saturated rings. The Bertz CT molecular complexity index is 225. The van der Waals surface area contributed by atoms with Crippen LogP contribution < -0.4 is 4.84 Å². The molecule has 62 valence electrons. The molecule has 0 radical (unpaired) electrons. The second kappa shape index (κ2) is 3.52. The summed E-state index contributed by atoms with van der Waals surface area (Å²) in [6.07, 6.45) is 0.382. The summed E-state index contributed by atoms with van der Waals surface area (Å²) in [5.41, 5.74) is 0.507. The van der Waals surface area contributed by atoms with Crippen molar-refractivity contribution in [2.75, 3.05) is 4.84 Å². The zero-order valence-electron chi connectivity index (χ0n) is 5.47. The van der Waals surface area contributed by atoms with Crippen molar-refractivity contribution in [2.24, 2.45) is 0 Å². The monoisotopic (exact) mass is 181 g/mol. The fourth-order valence-electron chi connectivity index (χ4n) is 0.654. The number of nitrogens with one attached hydrogen (secondary N) is 1. The molecule has 3 nitrogen and oxygen atoms in total. The maximum absolute atomic E-state index is 11.7. The van der Waals surface area contributed by atoms with Crippen LogP contribution in [0.25, 0.3) is 0 Å². The molecule has 0 aromatic carbocycles. The summed E-state index contributed by atoms with van der Waals surface area (Å²) >= 11 is 5.19. The van der Waals surface area contributed by atoms with Crippen molar-refractivity contribution in [2.45, 2.75) is 13.0 Å². The van der Waals surface area contributed by atoms with Gasteiger partial charge in [0.25, 0.3) is 6.43 Å². The normalized spacial score (nSPS) is 10.5. The van der Waals surface area contributed by atoms with Crippen molar-refractivity contribution in [3.63, 3.8) is 0 Å². The Morgan fingerprint density at radius 1 is 1.73 bits per heavy atom. The van der Waals surface area contributed by atoms with Gasteiger partial charge in [0.15, 0.2) is 0 Å². The number of nitrogens with zero attached hydrogens (tertiary/aromatic N) is 2. The molecule has 1 rings (SSSR count). The van der Waals surface area contributed by atoms with E-state index < -0.39 is 13.0 Å². The van der Waals surface area contributed by atoms with E-state index in [9.17, 15) is 8.78 Å². The molecule has 11 heavy (non-hydrogen) atoms. The lowest BCUT2D eigenvalue weighted by Gasteiger charge is -1.97. The lowest BCUT2D eigenvalue weighted by atomic mass is 10.6. The molecular weight excluding hydrogens is 176 g/mol. The van der Waals surface area contributed by atoms with Crippen molar-refractivity contribution in [1.29, 1.82) is 0 Å². The van der Waals surface area contributed by atoms with Gasteiger partial charge in [0, 0.05) is 18.0 Å². The molecule has 0 atom stereocenters. The van der Waals surface area contributed by atoms with Crippen molar-refractivity contribution in [3.8, 4) is 0 Å². The van der Waals surface area contributed by atoms with Crippen LogP contribution in [-0.4, -0.2) is 16.2 Å². The second-order valence-corrected chi connectivity index (χ2v) is 2.13. The Morgan fingerprint density at radius 3 is 2.91 bits per heavy atom. The fourth-order valence-corrected chi connectivity index (χ4v) is 0.751. The van der Waals surface area contributed by atoms with Crippen molar-refractivity contribution >= 4 is 17.5 Å². The van der Waals surface area contributed by atoms with E-state index >= 15 is 0 Å². The highest BCUT2D eigenvalue weighted by Gasteiger charge is 2.04. The second-order valence-electron chi connectivity index (χ2n) is 1.94. The molecule has 0 aliphatic carbocycles. The first-order valence-electron chi connectivity index (χ1n) is 2.89. The highest BCUT2D eigenvalue weighted by molar-refractivity contribution is 6.23. The van der Waals surface area contributed by atoms with Gasteiger partial charge in [-0.3, -0.25) is 9.52 Å². The third-order valence-electron chi connectivity index (χ3n) is 1.07. The maximum Gasteiger partial charge on any atom is 0.257 e. The summed E-state index contributed by atoms with van der Waals surface area (Å²) < 4.78 is 24.6. The largest absolute Gasteiger partial charge is 0.295 e. The lowest BCUT2D eigenvalue weighted by molar-refractivity contribution is 0.122.